The average Bonchev–Trinajstić information content (AvgIpc) is 2.42. The van der Waals surface area contributed by atoms with Gasteiger partial charge in [-0.05, 0) is 56.7 Å². The summed E-state index contributed by atoms with van der Waals surface area (Å²) in [5.41, 5.74) is 0.990. The Kier molecular flexibility index (Phi) is 4.68. The summed E-state index contributed by atoms with van der Waals surface area (Å²) in [5.74, 6) is 1.44. The Morgan fingerprint density at radius 1 is 1.14 bits per heavy atom. The number of hydrogen-bond acceptors (Lipinski definition) is 2. The topological polar surface area (TPSA) is 15.3 Å². The summed E-state index contributed by atoms with van der Waals surface area (Å²) in [6, 6.07) is 6.85. The predicted molar refractivity (Wildman–Crippen MR) is 91.4 cm³/mol. The number of nitrogens with zero attached hydrogens (tertiary/aromatic N) is 1. The van der Waals surface area contributed by atoms with Crippen molar-refractivity contribution < 1.29 is 0 Å². The second-order valence-corrected chi connectivity index (χ2v) is 7.64. The van der Waals surface area contributed by atoms with E-state index < -0.39 is 0 Å². The molecule has 1 heterocycles. The zero-order valence-electron chi connectivity index (χ0n) is 12.8. The fraction of sp³-hybridized carbons (Fsp3) is 0.647. The van der Waals surface area contributed by atoms with Crippen LogP contribution >= 0.6 is 23.2 Å². The van der Waals surface area contributed by atoms with Crippen molar-refractivity contribution in [2.24, 2.45) is 11.8 Å². The minimum atomic E-state index is 0.532. The van der Waals surface area contributed by atoms with Crippen molar-refractivity contribution in [3.05, 3.63) is 28.2 Å². The van der Waals surface area contributed by atoms with E-state index in [1.807, 2.05) is 18.2 Å². The normalized spacial score (nSPS) is 29.7. The van der Waals surface area contributed by atoms with Gasteiger partial charge in [-0.1, -0.05) is 29.6 Å². The van der Waals surface area contributed by atoms with E-state index in [-0.39, 0.29) is 0 Å². The van der Waals surface area contributed by atoms with Gasteiger partial charge in [0.1, 0.15) is 0 Å². The van der Waals surface area contributed by atoms with Crippen LogP contribution in [0.2, 0.25) is 10.0 Å². The molecule has 0 spiro atoms. The maximum atomic E-state index is 6.32. The summed E-state index contributed by atoms with van der Waals surface area (Å²) in [6.07, 6.45) is 3.99. The van der Waals surface area contributed by atoms with E-state index in [0.717, 1.165) is 27.6 Å². The van der Waals surface area contributed by atoms with E-state index >= 15 is 0 Å². The van der Waals surface area contributed by atoms with Crippen LogP contribution in [0, 0.1) is 11.8 Å². The van der Waals surface area contributed by atoms with E-state index in [4.69, 9.17) is 23.2 Å². The first-order valence-corrected chi connectivity index (χ1v) is 8.76. The zero-order chi connectivity index (χ0) is 15.0. The third-order valence-corrected chi connectivity index (χ3v) is 5.65. The number of piperidine rings is 1. The second-order valence-electron chi connectivity index (χ2n) is 6.79. The number of halogens is 2. The van der Waals surface area contributed by atoms with Gasteiger partial charge in [-0.25, -0.2) is 0 Å². The van der Waals surface area contributed by atoms with Crippen LogP contribution in [0.5, 0.6) is 0 Å². The summed E-state index contributed by atoms with van der Waals surface area (Å²) in [5, 5.41) is 5.22. The number of likely N-dealkylation sites (tertiary alicyclic amines) is 1. The highest BCUT2D eigenvalue weighted by atomic mass is 35.5. The summed E-state index contributed by atoms with van der Waals surface area (Å²) in [7, 11) is 0. The van der Waals surface area contributed by atoms with Crippen LogP contribution in [0.1, 0.15) is 33.1 Å². The summed E-state index contributed by atoms with van der Waals surface area (Å²) in [6.45, 7) is 7.00. The predicted octanol–water partition coefficient (Wildman–Crippen LogP) is 4.91. The Hall–Kier alpha value is -0.440. The number of benzene rings is 1. The molecule has 116 valence electrons. The van der Waals surface area contributed by atoms with Crippen molar-refractivity contribution in [2.75, 3.05) is 18.4 Å². The number of fused-ring (bicyclic) bond motifs is 2. The standard InChI is InChI=1S/C17H24Cl2N2/c1-11(2)21-9-12-4-3-5-13(10-21)17(12)20-16-8-14(18)6-7-15(16)19/h6-8,11-13,17,20H,3-5,9-10H2,1-2H3. The van der Waals surface area contributed by atoms with Gasteiger partial charge in [0.05, 0.1) is 10.7 Å². The molecule has 0 aromatic heterocycles. The highest BCUT2D eigenvalue weighted by molar-refractivity contribution is 6.35. The number of anilines is 1. The molecule has 2 fully saturated rings. The van der Waals surface area contributed by atoms with E-state index in [0.29, 0.717) is 12.1 Å². The molecular weight excluding hydrogens is 303 g/mol. The summed E-state index contributed by atoms with van der Waals surface area (Å²) < 4.78 is 0. The highest BCUT2D eigenvalue weighted by Crippen LogP contribution is 2.38. The van der Waals surface area contributed by atoms with Crippen molar-refractivity contribution in [1.29, 1.82) is 0 Å². The Balaban J connectivity index is 1.78. The minimum Gasteiger partial charge on any atom is -0.380 e. The molecule has 2 atom stereocenters. The van der Waals surface area contributed by atoms with E-state index in [1.54, 1.807) is 0 Å². The first kappa shape index (κ1) is 15.5. The van der Waals surface area contributed by atoms with E-state index in [2.05, 4.69) is 24.1 Å². The van der Waals surface area contributed by atoms with Gasteiger partial charge in [-0.3, -0.25) is 0 Å². The van der Waals surface area contributed by atoms with Crippen LogP contribution in [0.3, 0.4) is 0 Å². The van der Waals surface area contributed by atoms with Crippen LogP contribution in [0.4, 0.5) is 5.69 Å². The molecule has 1 aromatic carbocycles. The molecule has 1 saturated carbocycles. The maximum absolute atomic E-state index is 6.32. The van der Waals surface area contributed by atoms with Crippen molar-refractivity contribution in [1.82, 2.24) is 4.90 Å². The summed E-state index contributed by atoms with van der Waals surface area (Å²) in [4.78, 5) is 2.63. The molecule has 0 amide bonds. The lowest BCUT2D eigenvalue weighted by molar-refractivity contribution is 0.0518. The van der Waals surface area contributed by atoms with Crippen molar-refractivity contribution in [3.8, 4) is 0 Å². The molecule has 3 rings (SSSR count). The SMILES string of the molecule is CC(C)N1CC2CCCC(C1)C2Nc1cc(Cl)ccc1Cl. The largest absolute Gasteiger partial charge is 0.380 e. The molecule has 1 aromatic rings. The van der Waals surface area contributed by atoms with Gasteiger partial charge in [0.15, 0.2) is 0 Å². The van der Waals surface area contributed by atoms with Gasteiger partial charge in [0, 0.05) is 30.2 Å². The van der Waals surface area contributed by atoms with Gasteiger partial charge in [0.25, 0.3) is 0 Å². The molecule has 0 radical (unpaired) electrons. The van der Waals surface area contributed by atoms with Crippen LogP contribution in [-0.4, -0.2) is 30.1 Å². The molecule has 4 heteroatoms. The lowest BCUT2D eigenvalue weighted by Gasteiger charge is -2.49. The molecule has 1 N–H and O–H groups in total. The summed E-state index contributed by atoms with van der Waals surface area (Å²) >= 11 is 12.4. The van der Waals surface area contributed by atoms with Crippen LogP contribution < -0.4 is 5.32 Å². The molecule has 21 heavy (non-hydrogen) atoms. The molecule has 2 nitrogen and oxygen atoms in total. The smallest absolute Gasteiger partial charge is 0.0638 e. The van der Waals surface area contributed by atoms with Gasteiger partial charge < -0.3 is 10.2 Å². The molecule has 2 bridgehead atoms. The highest BCUT2D eigenvalue weighted by Gasteiger charge is 2.40. The molecular formula is C17H24Cl2N2. The maximum Gasteiger partial charge on any atom is 0.0638 e. The van der Waals surface area contributed by atoms with Gasteiger partial charge in [0.2, 0.25) is 0 Å². The number of hydrogen-bond donors (Lipinski definition) is 1. The zero-order valence-corrected chi connectivity index (χ0v) is 14.3. The fourth-order valence-corrected chi connectivity index (χ4v) is 4.26. The lowest BCUT2D eigenvalue weighted by atomic mass is 9.73. The quantitative estimate of drug-likeness (QED) is 0.848. The van der Waals surface area contributed by atoms with E-state index in [1.165, 1.54) is 32.4 Å². The first-order valence-electron chi connectivity index (χ1n) is 8.00. The molecule has 1 aliphatic carbocycles. The van der Waals surface area contributed by atoms with Crippen molar-refractivity contribution in [2.45, 2.75) is 45.2 Å². The molecule has 1 aliphatic heterocycles. The molecule has 2 unspecified atom stereocenters. The Bertz CT molecular complexity index is 490. The van der Waals surface area contributed by atoms with Crippen LogP contribution in [0.25, 0.3) is 0 Å². The third kappa shape index (κ3) is 3.33. The van der Waals surface area contributed by atoms with E-state index in [9.17, 15) is 0 Å². The van der Waals surface area contributed by atoms with Gasteiger partial charge >= 0.3 is 0 Å². The average molecular weight is 327 g/mol. The first-order chi connectivity index (χ1) is 10.0. The Labute approximate surface area is 137 Å². The Morgan fingerprint density at radius 3 is 2.43 bits per heavy atom. The second kappa shape index (κ2) is 6.36. The van der Waals surface area contributed by atoms with Crippen LogP contribution in [-0.2, 0) is 0 Å². The van der Waals surface area contributed by atoms with Gasteiger partial charge in [-0.15, -0.1) is 0 Å². The number of rotatable bonds is 3. The van der Waals surface area contributed by atoms with Crippen molar-refractivity contribution in [3.63, 3.8) is 0 Å². The van der Waals surface area contributed by atoms with Crippen LogP contribution in [0.15, 0.2) is 18.2 Å². The minimum absolute atomic E-state index is 0.532. The Morgan fingerprint density at radius 2 is 1.81 bits per heavy atom. The monoisotopic (exact) mass is 326 g/mol. The number of nitrogens with one attached hydrogen (secondary N) is 1. The molecule has 2 aliphatic rings. The lowest BCUT2D eigenvalue weighted by Crippen LogP contribution is -2.56. The third-order valence-electron chi connectivity index (χ3n) is 5.08. The fourth-order valence-electron chi connectivity index (χ4n) is 3.92. The van der Waals surface area contributed by atoms with Crippen molar-refractivity contribution >= 4 is 28.9 Å². The van der Waals surface area contributed by atoms with Gasteiger partial charge in [-0.2, -0.15) is 0 Å². The molecule has 1 saturated heterocycles.